The lowest BCUT2D eigenvalue weighted by atomic mass is 9.95. The number of aryl methyl sites for hydroxylation is 1. The highest BCUT2D eigenvalue weighted by atomic mass is 16.5. The van der Waals surface area contributed by atoms with Crippen LogP contribution < -0.4 is 11.1 Å². The van der Waals surface area contributed by atoms with Gasteiger partial charge in [0.15, 0.2) is 5.96 Å². The maximum absolute atomic E-state index is 10.3. The minimum Gasteiger partial charge on any atom is -0.388 e. The summed E-state index contributed by atoms with van der Waals surface area (Å²) in [5.41, 5.74) is 7.25. The molecule has 1 heterocycles. The number of anilines is 1. The molecule has 5 heteroatoms. The molecule has 4 N–H and O–H groups in total. The van der Waals surface area contributed by atoms with Crippen LogP contribution in [-0.4, -0.2) is 36.4 Å². The van der Waals surface area contributed by atoms with Crippen molar-refractivity contribution in [2.24, 2.45) is 10.7 Å². The molecule has 20 heavy (non-hydrogen) atoms. The molecular formula is C15H23N3O2. The van der Waals surface area contributed by atoms with Crippen LogP contribution in [0.5, 0.6) is 0 Å². The fourth-order valence-electron chi connectivity index (χ4n) is 2.15. The van der Waals surface area contributed by atoms with Gasteiger partial charge in [0, 0.05) is 31.7 Å². The SMILES string of the molecule is CCc1ccc(NC(N)=NCC2(O)CCOCC2)cc1. The molecule has 0 bridgehead atoms. The van der Waals surface area contributed by atoms with Crippen LogP contribution in [0.15, 0.2) is 29.3 Å². The number of aliphatic imine (C=N–C) groups is 1. The third kappa shape index (κ3) is 4.21. The van der Waals surface area contributed by atoms with Crippen molar-refractivity contribution >= 4 is 11.6 Å². The summed E-state index contributed by atoms with van der Waals surface area (Å²) in [5.74, 6) is 0.328. The quantitative estimate of drug-likeness (QED) is 0.576. The predicted molar refractivity (Wildman–Crippen MR) is 80.9 cm³/mol. The summed E-state index contributed by atoms with van der Waals surface area (Å²) in [6.07, 6.45) is 2.23. The summed E-state index contributed by atoms with van der Waals surface area (Å²) >= 11 is 0. The van der Waals surface area contributed by atoms with E-state index < -0.39 is 5.60 Å². The van der Waals surface area contributed by atoms with E-state index in [9.17, 15) is 5.11 Å². The van der Waals surface area contributed by atoms with Crippen LogP contribution in [-0.2, 0) is 11.2 Å². The third-order valence-electron chi connectivity index (χ3n) is 3.60. The van der Waals surface area contributed by atoms with Gasteiger partial charge in [0.1, 0.15) is 0 Å². The molecule has 0 aliphatic carbocycles. The van der Waals surface area contributed by atoms with E-state index in [4.69, 9.17) is 10.5 Å². The van der Waals surface area contributed by atoms with Crippen LogP contribution in [0.4, 0.5) is 5.69 Å². The zero-order valence-corrected chi connectivity index (χ0v) is 11.9. The Labute approximate surface area is 119 Å². The fourth-order valence-corrected chi connectivity index (χ4v) is 2.15. The Bertz CT molecular complexity index is 451. The van der Waals surface area contributed by atoms with E-state index in [-0.39, 0.29) is 0 Å². The number of hydrogen-bond acceptors (Lipinski definition) is 3. The van der Waals surface area contributed by atoms with Gasteiger partial charge in [-0.2, -0.15) is 0 Å². The molecule has 1 aromatic carbocycles. The molecule has 0 saturated carbocycles. The van der Waals surface area contributed by atoms with E-state index in [1.165, 1.54) is 5.56 Å². The van der Waals surface area contributed by atoms with E-state index in [0.29, 0.717) is 38.6 Å². The second-order valence-corrected chi connectivity index (χ2v) is 5.21. The van der Waals surface area contributed by atoms with Gasteiger partial charge in [-0.15, -0.1) is 0 Å². The molecule has 0 unspecified atom stereocenters. The van der Waals surface area contributed by atoms with Gasteiger partial charge in [0.25, 0.3) is 0 Å². The molecule has 0 spiro atoms. The van der Waals surface area contributed by atoms with Crippen LogP contribution in [0.2, 0.25) is 0 Å². The van der Waals surface area contributed by atoms with Gasteiger partial charge in [-0.05, 0) is 24.1 Å². The maximum Gasteiger partial charge on any atom is 0.193 e. The lowest BCUT2D eigenvalue weighted by molar-refractivity contribution is -0.0565. The molecule has 110 valence electrons. The first-order valence-corrected chi connectivity index (χ1v) is 7.07. The maximum atomic E-state index is 10.3. The Morgan fingerprint density at radius 3 is 2.60 bits per heavy atom. The largest absolute Gasteiger partial charge is 0.388 e. The van der Waals surface area contributed by atoms with E-state index >= 15 is 0 Å². The molecule has 1 saturated heterocycles. The summed E-state index contributed by atoms with van der Waals surface area (Å²) in [5, 5.41) is 13.3. The van der Waals surface area contributed by atoms with Crippen LogP contribution in [0.25, 0.3) is 0 Å². The molecule has 5 nitrogen and oxygen atoms in total. The van der Waals surface area contributed by atoms with E-state index in [0.717, 1.165) is 12.1 Å². The first-order valence-electron chi connectivity index (χ1n) is 7.07. The Morgan fingerprint density at radius 2 is 2.00 bits per heavy atom. The lowest BCUT2D eigenvalue weighted by Crippen LogP contribution is -2.40. The number of hydrogen-bond donors (Lipinski definition) is 3. The minimum atomic E-state index is -0.781. The molecule has 0 atom stereocenters. The van der Waals surface area contributed by atoms with Crippen molar-refractivity contribution < 1.29 is 9.84 Å². The van der Waals surface area contributed by atoms with E-state index in [2.05, 4.69) is 29.4 Å². The lowest BCUT2D eigenvalue weighted by Gasteiger charge is -2.30. The van der Waals surface area contributed by atoms with Crippen molar-refractivity contribution in [2.75, 3.05) is 25.1 Å². The minimum absolute atomic E-state index is 0.308. The topological polar surface area (TPSA) is 79.9 Å². The van der Waals surface area contributed by atoms with E-state index in [1.807, 2.05) is 12.1 Å². The number of nitrogens with zero attached hydrogens (tertiary/aromatic N) is 1. The Kier molecular flexibility index (Phi) is 4.98. The number of aliphatic hydroxyl groups is 1. The van der Waals surface area contributed by atoms with Gasteiger partial charge in [0.05, 0.1) is 12.1 Å². The molecular weight excluding hydrogens is 254 g/mol. The van der Waals surface area contributed by atoms with E-state index in [1.54, 1.807) is 0 Å². The zero-order chi connectivity index (χ0) is 14.4. The summed E-state index contributed by atoms with van der Waals surface area (Å²) in [4.78, 5) is 4.24. The fraction of sp³-hybridized carbons (Fsp3) is 0.533. The summed E-state index contributed by atoms with van der Waals surface area (Å²) in [6, 6.07) is 8.07. The summed E-state index contributed by atoms with van der Waals surface area (Å²) < 4.78 is 5.23. The number of benzene rings is 1. The van der Waals surface area contributed by atoms with Gasteiger partial charge in [0.2, 0.25) is 0 Å². The third-order valence-corrected chi connectivity index (χ3v) is 3.60. The molecule has 0 amide bonds. The second-order valence-electron chi connectivity index (χ2n) is 5.21. The highest BCUT2D eigenvalue weighted by Crippen LogP contribution is 2.20. The second kappa shape index (κ2) is 6.72. The molecule has 0 aromatic heterocycles. The molecule has 2 rings (SSSR count). The number of nitrogens with one attached hydrogen (secondary N) is 1. The average Bonchev–Trinajstić information content (AvgIpc) is 2.47. The standard InChI is InChI=1S/C15H23N3O2/c1-2-12-3-5-13(6-4-12)18-14(16)17-11-15(19)7-9-20-10-8-15/h3-6,19H,2,7-11H2,1H3,(H3,16,17,18). The predicted octanol–water partition coefficient (Wildman–Crippen LogP) is 1.52. The first-order chi connectivity index (χ1) is 9.61. The molecule has 1 aromatic rings. The molecule has 1 fully saturated rings. The number of ether oxygens (including phenoxy) is 1. The normalized spacial score (nSPS) is 18.8. The van der Waals surface area contributed by atoms with Crippen LogP contribution in [0.1, 0.15) is 25.3 Å². The average molecular weight is 277 g/mol. The van der Waals surface area contributed by atoms with Crippen LogP contribution >= 0.6 is 0 Å². The van der Waals surface area contributed by atoms with Gasteiger partial charge >= 0.3 is 0 Å². The van der Waals surface area contributed by atoms with Gasteiger partial charge in [-0.3, -0.25) is 4.99 Å². The van der Waals surface area contributed by atoms with Gasteiger partial charge < -0.3 is 20.9 Å². The van der Waals surface area contributed by atoms with Crippen molar-refractivity contribution in [2.45, 2.75) is 31.8 Å². The van der Waals surface area contributed by atoms with Crippen molar-refractivity contribution in [3.05, 3.63) is 29.8 Å². The number of guanidine groups is 1. The first kappa shape index (κ1) is 14.8. The van der Waals surface area contributed by atoms with Crippen molar-refractivity contribution in [1.29, 1.82) is 0 Å². The van der Waals surface area contributed by atoms with Crippen molar-refractivity contribution in [3.63, 3.8) is 0 Å². The zero-order valence-electron chi connectivity index (χ0n) is 11.9. The molecule has 1 aliphatic heterocycles. The summed E-state index contributed by atoms with van der Waals surface area (Å²) in [7, 11) is 0. The summed E-state index contributed by atoms with van der Waals surface area (Å²) in [6.45, 7) is 3.59. The number of rotatable bonds is 4. The van der Waals surface area contributed by atoms with Crippen LogP contribution in [0.3, 0.4) is 0 Å². The highest BCUT2D eigenvalue weighted by Gasteiger charge is 2.29. The van der Waals surface area contributed by atoms with Crippen molar-refractivity contribution in [3.8, 4) is 0 Å². The monoisotopic (exact) mass is 277 g/mol. The molecule has 1 aliphatic rings. The Balaban J connectivity index is 1.89. The molecule has 0 radical (unpaired) electrons. The van der Waals surface area contributed by atoms with Gasteiger partial charge in [-0.1, -0.05) is 19.1 Å². The van der Waals surface area contributed by atoms with Crippen molar-refractivity contribution in [1.82, 2.24) is 0 Å². The highest BCUT2D eigenvalue weighted by molar-refractivity contribution is 5.92. The van der Waals surface area contributed by atoms with Crippen LogP contribution in [0, 0.1) is 0 Å². The Morgan fingerprint density at radius 1 is 1.35 bits per heavy atom. The number of nitrogens with two attached hydrogens (primary N) is 1. The van der Waals surface area contributed by atoms with Gasteiger partial charge in [-0.25, -0.2) is 0 Å². The smallest absolute Gasteiger partial charge is 0.193 e. The Hall–Kier alpha value is -1.59.